The van der Waals surface area contributed by atoms with Crippen LogP contribution in [-0.4, -0.2) is 163 Å². The van der Waals surface area contributed by atoms with E-state index < -0.39 is 119 Å². The molecule has 0 bridgehead atoms. The SMILES string of the molecule is CN[C@H]1C[C@@H](N)[C@H](OP(=O)(O)O)[C@@H](O[C@@H]2O[C@H](CO)[C@H](O)[C@@H]3OC4(OC([C@H](N)CO)[C@@H](O)[C@@H](O)C4O)O[C@H]23)[C@@H]1O. The summed E-state index contributed by atoms with van der Waals surface area (Å²) in [5, 5.41) is 75.5. The molecule has 4 fully saturated rings. The smallest absolute Gasteiger partial charge is 0.395 e. The number of fused-ring (bicyclic) bond motifs is 1. The average molecular weight is 608 g/mol. The molecule has 40 heavy (non-hydrogen) atoms. The molecular formula is C20H38N3O16P. The maximum absolute atomic E-state index is 11.7. The molecule has 0 aromatic carbocycles. The normalized spacial score (nSPS) is 50.6. The monoisotopic (exact) mass is 607 g/mol. The first kappa shape index (κ1) is 32.4. The Balaban J connectivity index is 1.66. The third-order valence-corrected chi connectivity index (χ3v) is 8.16. The summed E-state index contributed by atoms with van der Waals surface area (Å²) in [6, 6.07) is -3.04. The standard InChI is InChI=1S/C20H38N3O16P/c1-23-7-2-5(21)14(39-40(31,32)33)15(9(7)26)35-19-17-16(10(27)8(4-25)34-19)37-20(38-17)18(30)12(29)11(28)13(36-20)6(22)3-24/h5-19,23-30H,2-4,21-22H2,1H3,(H2,31,32,33)/t5-,6-,7+,8-,9-,10+,11+,12-,13?,14+,15+,16+,17+,18?,19+,20?/m1/s1. The van der Waals surface area contributed by atoms with Crippen molar-refractivity contribution in [2.75, 3.05) is 20.3 Å². The van der Waals surface area contributed by atoms with Crippen LogP contribution in [-0.2, 0) is 32.8 Å². The molecule has 3 saturated heterocycles. The van der Waals surface area contributed by atoms with Crippen molar-refractivity contribution in [2.24, 2.45) is 11.5 Å². The molecule has 4 rings (SSSR count). The molecular weight excluding hydrogens is 569 g/mol. The first-order valence-electron chi connectivity index (χ1n) is 12.6. The quantitative estimate of drug-likeness (QED) is 0.114. The fourth-order valence-corrected chi connectivity index (χ4v) is 6.10. The summed E-state index contributed by atoms with van der Waals surface area (Å²) >= 11 is 0. The first-order chi connectivity index (χ1) is 18.7. The number of ether oxygens (including phenoxy) is 5. The summed E-state index contributed by atoms with van der Waals surface area (Å²) in [6.45, 7) is -1.48. The molecule has 19 nitrogen and oxygen atoms in total. The highest BCUT2D eigenvalue weighted by molar-refractivity contribution is 7.46. The lowest BCUT2D eigenvalue weighted by Gasteiger charge is -2.47. The number of hydrogen-bond acceptors (Lipinski definition) is 17. The molecule has 16 atom stereocenters. The first-order valence-corrected chi connectivity index (χ1v) is 14.1. The van der Waals surface area contributed by atoms with Crippen LogP contribution in [0, 0.1) is 0 Å². The minimum absolute atomic E-state index is 0.0349. The zero-order valence-electron chi connectivity index (χ0n) is 21.3. The van der Waals surface area contributed by atoms with Crippen molar-refractivity contribution in [2.45, 2.75) is 104 Å². The molecule has 3 aliphatic heterocycles. The van der Waals surface area contributed by atoms with Crippen LogP contribution in [0.15, 0.2) is 0 Å². The predicted molar refractivity (Wildman–Crippen MR) is 125 cm³/mol. The highest BCUT2D eigenvalue weighted by Gasteiger charge is 2.67. The van der Waals surface area contributed by atoms with Gasteiger partial charge in [-0.3, -0.25) is 4.52 Å². The number of aliphatic hydroxyl groups excluding tert-OH is 7. The summed E-state index contributed by atoms with van der Waals surface area (Å²) in [4.78, 5) is 18.9. The van der Waals surface area contributed by atoms with Crippen molar-refractivity contribution in [1.82, 2.24) is 5.32 Å². The number of aliphatic hydroxyl groups is 7. The van der Waals surface area contributed by atoms with Gasteiger partial charge in [0.15, 0.2) is 12.4 Å². The van der Waals surface area contributed by atoms with E-state index in [1.54, 1.807) is 0 Å². The summed E-state index contributed by atoms with van der Waals surface area (Å²) in [7, 11) is -3.63. The number of hydrogen-bond donors (Lipinski definition) is 12. The second-order valence-corrected chi connectivity index (χ2v) is 11.5. The van der Waals surface area contributed by atoms with E-state index >= 15 is 0 Å². The highest BCUT2D eigenvalue weighted by atomic mass is 31.2. The van der Waals surface area contributed by atoms with Crippen molar-refractivity contribution in [3.63, 3.8) is 0 Å². The lowest BCUT2D eigenvalue weighted by Crippen LogP contribution is -2.69. The number of phosphoric acid groups is 1. The second-order valence-electron chi connectivity index (χ2n) is 10.3. The van der Waals surface area contributed by atoms with Crippen LogP contribution < -0.4 is 16.8 Å². The Labute approximate surface area is 227 Å². The number of nitrogens with two attached hydrogens (primary N) is 2. The fraction of sp³-hybridized carbons (Fsp3) is 1.00. The van der Waals surface area contributed by atoms with Crippen LogP contribution in [0.3, 0.4) is 0 Å². The second kappa shape index (κ2) is 12.2. The van der Waals surface area contributed by atoms with Crippen molar-refractivity contribution in [1.29, 1.82) is 0 Å². The van der Waals surface area contributed by atoms with E-state index in [1.165, 1.54) is 7.05 Å². The molecule has 1 spiro atoms. The van der Waals surface area contributed by atoms with E-state index in [-0.39, 0.29) is 6.42 Å². The number of likely N-dealkylation sites (N-methyl/N-ethyl adjacent to an activating group) is 1. The van der Waals surface area contributed by atoms with Crippen molar-refractivity contribution < 1.29 is 78.3 Å². The van der Waals surface area contributed by atoms with E-state index in [4.69, 9.17) is 39.7 Å². The molecule has 3 heterocycles. The van der Waals surface area contributed by atoms with Crippen molar-refractivity contribution in [3.8, 4) is 0 Å². The van der Waals surface area contributed by atoms with Crippen molar-refractivity contribution >= 4 is 7.82 Å². The third kappa shape index (κ3) is 5.97. The number of rotatable bonds is 8. The Hall–Kier alpha value is -0.490. The largest absolute Gasteiger partial charge is 0.469 e. The Kier molecular flexibility index (Phi) is 9.93. The Morgan fingerprint density at radius 1 is 1.00 bits per heavy atom. The van der Waals surface area contributed by atoms with Crippen LogP contribution in [0.5, 0.6) is 0 Å². The molecule has 0 radical (unpaired) electrons. The van der Waals surface area contributed by atoms with E-state index in [1.807, 2.05) is 0 Å². The maximum Gasteiger partial charge on any atom is 0.469 e. The van der Waals surface area contributed by atoms with E-state index in [2.05, 4.69) is 5.32 Å². The fourth-order valence-electron chi connectivity index (χ4n) is 5.51. The van der Waals surface area contributed by atoms with Crippen LogP contribution in [0.1, 0.15) is 6.42 Å². The molecule has 234 valence electrons. The van der Waals surface area contributed by atoms with Gasteiger partial charge >= 0.3 is 13.8 Å². The predicted octanol–water partition coefficient (Wildman–Crippen LogP) is -7.15. The zero-order chi connectivity index (χ0) is 29.7. The zero-order valence-corrected chi connectivity index (χ0v) is 22.2. The lowest BCUT2D eigenvalue weighted by molar-refractivity contribution is -0.439. The third-order valence-electron chi connectivity index (χ3n) is 7.65. The summed E-state index contributed by atoms with van der Waals surface area (Å²) in [6.07, 6.45) is -19.7. The number of nitrogens with one attached hydrogen (secondary N) is 1. The molecule has 1 saturated carbocycles. The maximum atomic E-state index is 11.7. The molecule has 20 heteroatoms. The van der Waals surface area contributed by atoms with Gasteiger partial charge in [0, 0.05) is 12.1 Å². The van der Waals surface area contributed by atoms with Crippen LogP contribution in [0.25, 0.3) is 0 Å². The molecule has 4 aliphatic rings. The molecule has 14 N–H and O–H groups in total. The Bertz CT molecular complexity index is 919. The van der Waals surface area contributed by atoms with Gasteiger partial charge in [-0.05, 0) is 13.5 Å². The lowest BCUT2D eigenvalue weighted by atomic mass is 9.84. The van der Waals surface area contributed by atoms with E-state index in [0.717, 1.165) is 0 Å². The van der Waals surface area contributed by atoms with Gasteiger partial charge in [-0.25, -0.2) is 4.57 Å². The van der Waals surface area contributed by atoms with Gasteiger partial charge in [0.25, 0.3) is 0 Å². The van der Waals surface area contributed by atoms with E-state index in [0.29, 0.717) is 0 Å². The Morgan fingerprint density at radius 3 is 2.23 bits per heavy atom. The molecule has 0 aromatic heterocycles. The summed E-state index contributed by atoms with van der Waals surface area (Å²) < 4.78 is 45.2. The van der Waals surface area contributed by atoms with Gasteiger partial charge in [0.05, 0.1) is 25.4 Å². The Morgan fingerprint density at radius 2 is 1.65 bits per heavy atom. The van der Waals surface area contributed by atoms with Crippen LogP contribution >= 0.6 is 7.82 Å². The van der Waals surface area contributed by atoms with E-state index in [9.17, 15) is 50.1 Å². The van der Waals surface area contributed by atoms with Gasteiger partial charge in [-0.1, -0.05) is 0 Å². The van der Waals surface area contributed by atoms with Crippen LogP contribution in [0.4, 0.5) is 0 Å². The van der Waals surface area contributed by atoms with Gasteiger partial charge < -0.3 is 86.0 Å². The molecule has 1 aliphatic carbocycles. The van der Waals surface area contributed by atoms with Gasteiger partial charge in [0.2, 0.25) is 0 Å². The van der Waals surface area contributed by atoms with Crippen LogP contribution in [0.2, 0.25) is 0 Å². The summed E-state index contributed by atoms with van der Waals surface area (Å²) in [5.41, 5.74) is 11.9. The number of phosphoric ester groups is 1. The average Bonchev–Trinajstić information content (AvgIpc) is 3.30. The molecule has 3 unspecified atom stereocenters. The van der Waals surface area contributed by atoms with Crippen molar-refractivity contribution in [3.05, 3.63) is 0 Å². The highest BCUT2D eigenvalue weighted by Crippen LogP contribution is 2.46. The molecule has 0 aromatic rings. The minimum atomic E-state index is -5.14. The van der Waals surface area contributed by atoms with Gasteiger partial charge in [-0.2, -0.15) is 0 Å². The van der Waals surface area contributed by atoms with Gasteiger partial charge in [0.1, 0.15) is 54.9 Å². The molecule has 0 amide bonds. The summed E-state index contributed by atoms with van der Waals surface area (Å²) in [5.74, 6) is -2.58. The minimum Gasteiger partial charge on any atom is -0.395 e. The van der Waals surface area contributed by atoms with Gasteiger partial charge in [-0.15, -0.1) is 0 Å². The topological polar surface area (TPSA) is 319 Å².